The molecule has 0 heterocycles. The Bertz CT molecular complexity index is 1000. The molecule has 7 nitrogen and oxygen atoms in total. The molecule has 0 saturated carbocycles. The lowest BCUT2D eigenvalue weighted by molar-refractivity contribution is 0.0949. The fourth-order valence-corrected chi connectivity index (χ4v) is 4.88. The number of sulfonamides is 1. The fourth-order valence-electron chi connectivity index (χ4n) is 3.59. The number of ether oxygens (including phenoxy) is 2. The number of anilines is 1. The van der Waals surface area contributed by atoms with Crippen LogP contribution in [-0.2, 0) is 27.6 Å². The van der Waals surface area contributed by atoms with Gasteiger partial charge in [0.2, 0.25) is 0 Å². The summed E-state index contributed by atoms with van der Waals surface area (Å²) in [6.07, 6.45) is 4.57. The lowest BCUT2D eigenvalue weighted by Gasteiger charge is -2.20. The molecule has 0 spiro atoms. The van der Waals surface area contributed by atoms with Gasteiger partial charge >= 0.3 is 0 Å². The molecule has 1 aliphatic carbocycles. The Morgan fingerprint density at radius 2 is 1.77 bits per heavy atom. The number of rotatable bonds is 9. The van der Waals surface area contributed by atoms with Gasteiger partial charge in [0, 0.05) is 20.3 Å². The third kappa shape index (κ3) is 5.12. The molecule has 162 valence electrons. The highest BCUT2D eigenvalue weighted by atomic mass is 32.2. The van der Waals surface area contributed by atoms with E-state index >= 15 is 0 Å². The predicted molar refractivity (Wildman–Crippen MR) is 116 cm³/mol. The standard InChI is InChI=1S/C22H28N2O5S/c1-28-13-7-12-23-22(25)18-10-5-6-11-19(18)24-30(26,27)21-15-17-9-4-3-8-16(17)14-20(21)29-2/h5-6,10-11,14-15,24H,3-4,7-9,12-13H2,1-2H3,(H,23,25). The van der Waals surface area contributed by atoms with Gasteiger partial charge in [0.25, 0.3) is 15.9 Å². The average molecular weight is 433 g/mol. The third-order valence-electron chi connectivity index (χ3n) is 5.14. The number of hydrogen-bond donors (Lipinski definition) is 2. The number of para-hydroxylation sites is 1. The Kier molecular flexibility index (Phi) is 7.33. The predicted octanol–water partition coefficient (Wildman–Crippen LogP) is 3.14. The van der Waals surface area contributed by atoms with Crippen LogP contribution in [0.5, 0.6) is 5.75 Å². The highest BCUT2D eigenvalue weighted by Gasteiger charge is 2.25. The van der Waals surface area contributed by atoms with Crippen molar-refractivity contribution in [1.82, 2.24) is 5.32 Å². The summed E-state index contributed by atoms with van der Waals surface area (Å²) in [5.41, 5.74) is 2.65. The van der Waals surface area contributed by atoms with Crippen LogP contribution in [0.3, 0.4) is 0 Å². The molecule has 0 aromatic heterocycles. The lowest BCUT2D eigenvalue weighted by Crippen LogP contribution is -2.27. The van der Waals surface area contributed by atoms with Crippen LogP contribution >= 0.6 is 0 Å². The summed E-state index contributed by atoms with van der Waals surface area (Å²) in [6.45, 7) is 0.971. The van der Waals surface area contributed by atoms with Crippen LogP contribution in [0.2, 0.25) is 0 Å². The minimum atomic E-state index is -3.95. The summed E-state index contributed by atoms with van der Waals surface area (Å²) in [7, 11) is -0.888. The Hall–Kier alpha value is -2.58. The number of benzene rings is 2. The van der Waals surface area contributed by atoms with E-state index in [0.717, 1.165) is 36.8 Å². The molecule has 0 bridgehead atoms. The number of carbonyl (C=O) groups is 1. The molecular weight excluding hydrogens is 404 g/mol. The van der Waals surface area contributed by atoms with E-state index in [1.54, 1.807) is 37.4 Å². The second kappa shape index (κ2) is 9.95. The molecule has 0 unspecified atom stereocenters. The van der Waals surface area contributed by atoms with E-state index in [0.29, 0.717) is 25.3 Å². The first-order chi connectivity index (χ1) is 14.5. The molecule has 3 rings (SSSR count). The molecule has 2 aromatic carbocycles. The van der Waals surface area contributed by atoms with Crippen molar-refractivity contribution in [3.8, 4) is 5.75 Å². The number of amides is 1. The zero-order valence-electron chi connectivity index (χ0n) is 17.4. The van der Waals surface area contributed by atoms with Crippen molar-refractivity contribution < 1.29 is 22.7 Å². The first-order valence-electron chi connectivity index (χ1n) is 10.0. The smallest absolute Gasteiger partial charge is 0.265 e. The van der Waals surface area contributed by atoms with Crippen LogP contribution in [0, 0.1) is 0 Å². The van der Waals surface area contributed by atoms with E-state index in [1.165, 1.54) is 7.11 Å². The van der Waals surface area contributed by atoms with Gasteiger partial charge in [0.1, 0.15) is 10.6 Å². The van der Waals surface area contributed by atoms with E-state index in [4.69, 9.17) is 9.47 Å². The molecule has 0 fully saturated rings. The molecule has 8 heteroatoms. The summed E-state index contributed by atoms with van der Waals surface area (Å²) < 4.78 is 39.3. The Balaban J connectivity index is 1.87. The Labute approximate surface area is 177 Å². The quantitative estimate of drug-likeness (QED) is 0.594. The van der Waals surface area contributed by atoms with Crippen LogP contribution in [0.1, 0.15) is 40.7 Å². The molecule has 0 saturated heterocycles. The van der Waals surface area contributed by atoms with Crippen molar-refractivity contribution in [2.45, 2.75) is 37.0 Å². The summed E-state index contributed by atoms with van der Waals surface area (Å²) in [5, 5.41) is 2.78. The molecule has 1 amide bonds. The van der Waals surface area contributed by atoms with Crippen molar-refractivity contribution in [3.63, 3.8) is 0 Å². The van der Waals surface area contributed by atoms with Gasteiger partial charge in [-0.05, 0) is 67.5 Å². The highest BCUT2D eigenvalue weighted by Crippen LogP contribution is 2.33. The molecule has 30 heavy (non-hydrogen) atoms. The van der Waals surface area contributed by atoms with Gasteiger partial charge in [-0.2, -0.15) is 0 Å². The van der Waals surface area contributed by atoms with Crippen molar-refractivity contribution in [1.29, 1.82) is 0 Å². The summed E-state index contributed by atoms with van der Waals surface area (Å²) in [4.78, 5) is 12.6. The zero-order chi connectivity index (χ0) is 21.6. The largest absolute Gasteiger partial charge is 0.495 e. The van der Waals surface area contributed by atoms with E-state index in [1.807, 2.05) is 6.07 Å². The van der Waals surface area contributed by atoms with Crippen molar-refractivity contribution >= 4 is 21.6 Å². The second-order valence-corrected chi connectivity index (χ2v) is 8.88. The maximum atomic E-state index is 13.2. The zero-order valence-corrected chi connectivity index (χ0v) is 18.2. The van der Waals surface area contributed by atoms with Crippen LogP contribution in [-0.4, -0.2) is 41.7 Å². The van der Waals surface area contributed by atoms with E-state index < -0.39 is 10.0 Å². The number of aryl methyl sites for hydroxylation is 2. The van der Waals surface area contributed by atoms with Crippen molar-refractivity contribution in [3.05, 3.63) is 53.1 Å². The van der Waals surface area contributed by atoms with Crippen molar-refractivity contribution in [2.75, 3.05) is 32.1 Å². The second-order valence-electron chi connectivity index (χ2n) is 7.23. The van der Waals surface area contributed by atoms with Gasteiger partial charge in [-0.1, -0.05) is 12.1 Å². The maximum Gasteiger partial charge on any atom is 0.265 e. The topological polar surface area (TPSA) is 93.7 Å². The van der Waals surface area contributed by atoms with Crippen molar-refractivity contribution in [2.24, 2.45) is 0 Å². The van der Waals surface area contributed by atoms with Gasteiger partial charge < -0.3 is 14.8 Å². The number of hydrogen-bond acceptors (Lipinski definition) is 5. The Morgan fingerprint density at radius 1 is 1.07 bits per heavy atom. The summed E-state index contributed by atoms with van der Waals surface area (Å²) >= 11 is 0. The number of carbonyl (C=O) groups excluding carboxylic acids is 1. The van der Waals surface area contributed by atoms with Gasteiger partial charge in [0.05, 0.1) is 18.4 Å². The molecule has 1 aliphatic rings. The molecular formula is C22H28N2O5S. The minimum absolute atomic E-state index is 0.0842. The van der Waals surface area contributed by atoms with Crippen LogP contribution < -0.4 is 14.8 Å². The number of methoxy groups -OCH3 is 2. The average Bonchev–Trinajstić information content (AvgIpc) is 2.75. The molecule has 0 aliphatic heterocycles. The third-order valence-corrected chi connectivity index (χ3v) is 6.53. The SMILES string of the molecule is COCCCNC(=O)c1ccccc1NS(=O)(=O)c1cc2c(cc1OC)CCCC2. The van der Waals surface area contributed by atoms with Gasteiger partial charge in [-0.3, -0.25) is 9.52 Å². The summed E-state index contributed by atoms with van der Waals surface area (Å²) in [5.74, 6) is -0.0357. The van der Waals surface area contributed by atoms with Gasteiger partial charge in [-0.15, -0.1) is 0 Å². The van der Waals surface area contributed by atoms with E-state index in [-0.39, 0.29) is 22.1 Å². The molecule has 2 aromatic rings. The first-order valence-corrected chi connectivity index (χ1v) is 11.5. The normalized spacial score (nSPS) is 13.4. The number of fused-ring (bicyclic) bond motifs is 1. The van der Waals surface area contributed by atoms with Crippen LogP contribution in [0.25, 0.3) is 0 Å². The maximum absolute atomic E-state index is 13.2. The fraction of sp³-hybridized carbons (Fsp3) is 0.409. The molecule has 0 radical (unpaired) electrons. The highest BCUT2D eigenvalue weighted by molar-refractivity contribution is 7.92. The minimum Gasteiger partial charge on any atom is -0.495 e. The monoisotopic (exact) mass is 432 g/mol. The molecule has 0 atom stereocenters. The van der Waals surface area contributed by atoms with E-state index in [9.17, 15) is 13.2 Å². The van der Waals surface area contributed by atoms with Crippen LogP contribution in [0.15, 0.2) is 41.3 Å². The molecule has 2 N–H and O–H groups in total. The van der Waals surface area contributed by atoms with Gasteiger partial charge in [0.15, 0.2) is 0 Å². The lowest BCUT2D eigenvalue weighted by atomic mass is 9.92. The first kappa shape index (κ1) is 22.1. The summed E-state index contributed by atoms with van der Waals surface area (Å²) in [6, 6.07) is 10.1. The Morgan fingerprint density at radius 3 is 2.47 bits per heavy atom. The van der Waals surface area contributed by atoms with E-state index in [2.05, 4.69) is 10.0 Å². The number of nitrogens with one attached hydrogen (secondary N) is 2. The van der Waals surface area contributed by atoms with Gasteiger partial charge in [-0.25, -0.2) is 8.42 Å². The van der Waals surface area contributed by atoms with Crippen LogP contribution in [0.4, 0.5) is 5.69 Å².